The Balaban J connectivity index is 1.40. The molecule has 3 heterocycles. The van der Waals surface area contributed by atoms with Crippen molar-refractivity contribution in [1.82, 2.24) is 24.7 Å². The number of halogens is 4. The van der Waals surface area contributed by atoms with Crippen molar-refractivity contribution in [3.63, 3.8) is 0 Å². The van der Waals surface area contributed by atoms with Gasteiger partial charge in [0.1, 0.15) is 28.7 Å². The van der Waals surface area contributed by atoms with Crippen molar-refractivity contribution < 1.29 is 27.2 Å². The minimum Gasteiger partial charge on any atom is -0.382 e. The van der Waals surface area contributed by atoms with Crippen molar-refractivity contribution in [3.8, 4) is 11.3 Å². The van der Waals surface area contributed by atoms with Crippen LogP contribution in [-0.2, 0) is 11.0 Å². The van der Waals surface area contributed by atoms with Crippen LogP contribution in [0.15, 0.2) is 55.0 Å². The van der Waals surface area contributed by atoms with Gasteiger partial charge in [0.05, 0.1) is 5.56 Å². The van der Waals surface area contributed by atoms with Crippen LogP contribution in [0.4, 0.5) is 29.2 Å². The molecule has 1 aliphatic carbocycles. The van der Waals surface area contributed by atoms with E-state index in [1.54, 1.807) is 24.5 Å². The molecule has 5 rings (SSSR count). The summed E-state index contributed by atoms with van der Waals surface area (Å²) in [6, 6.07) is 7.77. The molecule has 1 aromatic carbocycles. The maximum atomic E-state index is 14.1. The average Bonchev–Trinajstić information content (AvgIpc) is 3.33. The first-order chi connectivity index (χ1) is 19.8. The lowest BCUT2D eigenvalue weighted by atomic mass is 9.85. The van der Waals surface area contributed by atoms with E-state index in [9.17, 15) is 27.2 Å². The van der Waals surface area contributed by atoms with Crippen LogP contribution in [0, 0.1) is 0 Å². The predicted octanol–water partition coefficient (Wildman–Crippen LogP) is 5.54. The molecular weight excluding hydrogens is 554 g/mol. The number of pyridine rings is 1. The summed E-state index contributed by atoms with van der Waals surface area (Å²) in [5.41, 5.74) is 5.33. The molecule has 1 aliphatic rings. The molecule has 4 aromatic rings. The van der Waals surface area contributed by atoms with Gasteiger partial charge in [-0.2, -0.15) is 13.2 Å². The molecule has 220 valence electrons. The third-order valence-electron chi connectivity index (χ3n) is 7.27. The van der Waals surface area contributed by atoms with Crippen LogP contribution in [0.2, 0.25) is 0 Å². The fraction of sp³-hybridized carbons (Fsp3) is 0.345. The monoisotopic (exact) mass is 583 g/mol. The summed E-state index contributed by atoms with van der Waals surface area (Å²) in [5.74, 6) is -0.562. The van der Waals surface area contributed by atoms with Gasteiger partial charge in [0.15, 0.2) is 5.67 Å². The summed E-state index contributed by atoms with van der Waals surface area (Å²) in [7, 11) is 0. The molecule has 0 spiro atoms. The molecule has 3 aromatic heterocycles. The number of anilines is 2. The Morgan fingerprint density at radius 1 is 1.02 bits per heavy atom. The smallest absolute Gasteiger partial charge is 0.382 e. The van der Waals surface area contributed by atoms with Crippen molar-refractivity contribution in [3.05, 3.63) is 71.9 Å². The quantitative estimate of drug-likeness (QED) is 0.256. The van der Waals surface area contributed by atoms with E-state index in [-0.39, 0.29) is 29.2 Å². The maximum absolute atomic E-state index is 14.1. The van der Waals surface area contributed by atoms with Gasteiger partial charge in [-0.25, -0.2) is 19.3 Å². The molecule has 4 N–H and O–H groups in total. The van der Waals surface area contributed by atoms with Crippen LogP contribution >= 0.6 is 0 Å². The number of benzene rings is 1. The van der Waals surface area contributed by atoms with Gasteiger partial charge in [0.25, 0.3) is 11.8 Å². The SMILES string of the molecule is CC(C)(F)C(=O)N[C@@H]1CCC[C@@H](c2nc(-c3ccc(C(=O)Nc4cc(C(F)(F)F)ccn4)cc3)c3c(N)nccn23)C1. The largest absolute Gasteiger partial charge is 0.416 e. The number of aromatic nitrogens is 4. The van der Waals surface area contributed by atoms with Gasteiger partial charge in [0, 0.05) is 41.7 Å². The number of hydrogen-bond acceptors (Lipinski definition) is 6. The summed E-state index contributed by atoms with van der Waals surface area (Å²) in [6.07, 6.45) is 2.68. The molecule has 0 radical (unpaired) electrons. The molecule has 1 fully saturated rings. The number of carbonyl (C=O) groups excluding carboxylic acids is 2. The van der Waals surface area contributed by atoms with E-state index in [0.717, 1.165) is 43.4 Å². The first-order valence-corrected chi connectivity index (χ1v) is 13.4. The number of nitrogen functional groups attached to an aromatic ring is 1. The maximum Gasteiger partial charge on any atom is 0.416 e. The van der Waals surface area contributed by atoms with Crippen LogP contribution in [0.25, 0.3) is 16.8 Å². The lowest BCUT2D eigenvalue weighted by molar-refractivity contribution is -0.137. The van der Waals surface area contributed by atoms with E-state index >= 15 is 0 Å². The molecule has 9 nitrogen and oxygen atoms in total. The standard InChI is InChI=1S/C29H29F4N7O2/c1-28(2,30)27(42)37-20-5-3-4-18(14-20)25-39-22(23-24(34)36-12-13-40(23)25)16-6-8-17(9-7-16)26(41)38-21-15-19(10-11-35-21)29(31,32)33/h6-13,15,18,20H,3-5,14H2,1-2H3,(H2,34,36)(H,37,42)(H,35,38,41)/t18-,20-/m1/s1. The minimum atomic E-state index is -4.56. The number of carbonyl (C=O) groups is 2. The Morgan fingerprint density at radius 2 is 1.76 bits per heavy atom. The fourth-order valence-electron chi connectivity index (χ4n) is 5.13. The van der Waals surface area contributed by atoms with Crippen molar-refractivity contribution in [2.45, 2.75) is 63.3 Å². The van der Waals surface area contributed by atoms with Crippen LogP contribution in [0.3, 0.4) is 0 Å². The summed E-state index contributed by atoms with van der Waals surface area (Å²) in [4.78, 5) is 37.9. The van der Waals surface area contributed by atoms with Gasteiger partial charge in [-0.05, 0) is 57.4 Å². The van der Waals surface area contributed by atoms with E-state index in [4.69, 9.17) is 10.7 Å². The van der Waals surface area contributed by atoms with E-state index in [1.807, 2.05) is 4.40 Å². The van der Waals surface area contributed by atoms with Gasteiger partial charge in [-0.3, -0.25) is 14.0 Å². The molecule has 1 saturated carbocycles. The highest BCUT2D eigenvalue weighted by Gasteiger charge is 2.33. The minimum absolute atomic E-state index is 0.0418. The predicted molar refractivity (Wildman–Crippen MR) is 148 cm³/mol. The number of nitrogens with zero attached hydrogens (tertiary/aromatic N) is 4. The molecule has 2 atom stereocenters. The number of rotatable bonds is 6. The summed E-state index contributed by atoms with van der Waals surface area (Å²) in [6.45, 7) is 2.45. The van der Waals surface area contributed by atoms with Crippen LogP contribution in [0.5, 0.6) is 0 Å². The van der Waals surface area contributed by atoms with Gasteiger partial charge in [0.2, 0.25) is 0 Å². The van der Waals surface area contributed by atoms with Crippen LogP contribution in [0.1, 0.15) is 67.2 Å². The van der Waals surface area contributed by atoms with Gasteiger partial charge < -0.3 is 16.4 Å². The number of alkyl halides is 4. The summed E-state index contributed by atoms with van der Waals surface area (Å²) < 4.78 is 55.0. The Labute approximate surface area is 238 Å². The van der Waals surface area contributed by atoms with E-state index in [2.05, 4.69) is 20.6 Å². The lowest BCUT2D eigenvalue weighted by Gasteiger charge is -2.30. The summed E-state index contributed by atoms with van der Waals surface area (Å²) >= 11 is 0. The molecule has 0 unspecified atom stereocenters. The number of hydrogen-bond donors (Lipinski definition) is 3. The van der Waals surface area contributed by atoms with E-state index in [1.165, 1.54) is 26.0 Å². The molecule has 42 heavy (non-hydrogen) atoms. The highest BCUT2D eigenvalue weighted by molar-refractivity contribution is 6.04. The second-order valence-corrected chi connectivity index (χ2v) is 10.8. The van der Waals surface area contributed by atoms with E-state index in [0.29, 0.717) is 23.2 Å². The van der Waals surface area contributed by atoms with Crippen molar-refractivity contribution in [2.24, 2.45) is 0 Å². The lowest BCUT2D eigenvalue weighted by Crippen LogP contribution is -2.46. The van der Waals surface area contributed by atoms with Gasteiger partial charge in [-0.1, -0.05) is 18.6 Å². The van der Waals surface area contributed by atoms with Crippen molar-refractivity contribution in [2.75, 3.05) is 11.1 Å². The fourth-order valence-corrected chi connectivity index (χ4v) is 5.13. The summed E-state index contributed by atoms with van der Waals surface area (Å²) in [5, 5.41) is 5.20. The van der Waals surface area contributed by atoms with Crippen molar-refractivity contribution >= 4 is 29.0 Å². The zero-order chi connectivity index (χ0) is 30.2. The zero-order valence-corrected chi connectivity index (χ0v) is 22.9. The van der Waals surface area contributed by atoms with Crippen LogP contribution < -0.4 is 16.4 Å². The number of amides is 2. The van der Waals surface area contributed by atoms with E-state index < -0.39 is 29.2 Å². The first-order valence-electron chi connectivity index (χ1n) is 13.4. The second-order valence-electron chi connectivity index (χ2n) is 10.8. The van der Waals surface area contributed by atoms with Gasteiger partial charge in [-0.15, -0.1) is 0 Å². The molecular formula is C29H29F4N7O2. The molecule has 13 heteroatoms. The first kappa shape index (κ1) is 29.0. The Hall–Kier alpha value is -4.55. The highest BCUT2D eigenvalue weighted by Crippen LogP contribution is 2.37. The normalized spacial score (nSPS) is 17.7. The number of fused-ring (bicyclic) bond motifs is 1. The highest BCUT2D eigenvalue weighted by atomic mass is 19.4. The molecule has 2 amide bonds. The Morgan fingerprint density at radius 3 is 2.45 bits per heavy atom. The third kappa shape index (κ3) is 6.04. The van der Waals surface area contributed by atoms with Gasteiger partial charge >= 0.3 is 6.18 Å². The van der Waals surface area contributed by atoms with Crippen molar-refractivity contribution in [1.29, 1.82) is 0 Å². The number of imidazole rings is 1. The molecule has 0 saturated heterocycles. The Bertz CT molecular complexity index is 1630. The average molecular weight is 584 g/mol. The number of nitrogens with one attached hydrogen (secondary N) is 2. The number of nitrogens with two attached hydrogens (primary N) is 1. The van der Waals surface area contributed by atoms with Crippen LogP contribution in [-0.4, -0.2) is 42.9 Å². The molecule has 0 bridgehead atoms. The molecule has 0 aliphatic heterocycles. The topological polar surface area (TPSA) is 127 Å². The zero-order valence-electron chi connectivity index (χ0n) is 22.9. The third-order valence-corrected chi connectivity index (χ3v) is 7.27. The second kappa shape index (κ2) is 11.0. The Kier molecular flexibility index (Phi) is 7.60.